The molecule has 0 aliphatic carbocycles. The minimum Gasteiger partial charge on any atom is -0.489 e. The lowest BCUT2D eigenvalue weighted by Crippen LogP contribution is -2.08. The Morgan fingerprint density at radius 1 is 1.12 bits per heavy atom. The van der Waals surface area contributed by atoms with Gasteiger partial charge in [0.1, 0.15) is 18.2 Å². The van der Waals surface area contributed by atoms with Gasteiger partial charge in [-0.25, -0.2) is 9.78 Å². The number of esters is 1. The van der Waals surface area contributed by atoms with E-state index in [4.69, 9.17) is 37.7 Å². The Bertz CT molecular complexity index is 1320. The third-order valence-electron chi connectivity index (χ3n) is 5.22. The summed E-state index contributed by atoms with van der Waals surface area (Å²) in [4.78, 5) is 21.1. The predicted molar refractivity (Wildman–Crippen MR) is 125 cm³/mol. The van der Waals surface area contributed by atoms with Gasteiger partial charge in [0.2, 0.25) is 0 Å². The average molecular weight is 470 g/mol. The summed E-state index contributed by atoms with van der Waals surface area (Å²) in [6, 6.07) is 12.8. The number of aromatic nitrogens is 3. The van der Waals surface area contributed by atoms with Crippen molar-refractivity contribution in [2.75, 3.05) is 7.11 Å². The van der Waals surface area contributed by atoms with E-state index < -0.39 is 5.97 Å². The van der Waals surface area contributed by atoms with Gasteiger partial charge in [0.25, 0.3) is 0 Å². The number of fused-ring (bicyclic) bond motifs is 1. The second-order valence-electron chi connectivity index (χ2n) is 7.37. The standard InChI is InChI=1S/C24H21Cl2N3O3/c1-14-8-18(32-13-16-6-4-5-7-19(16)24(30)31-3)10-22-23(14)28-15(2)29(22)12-21-20(26)9-17(25)11-27-21/h4-11H,12-13H2,1-3H3. The molecule has 0 aliphatic rings. The van der Waals surface area contributed by atoms with Gasteiger partial charge in [-0.3, -0.25) is 4.98 Å². The summed E-state index contributed by atoms with van der Waals surface area (Å²) in [5.41, 5.74) is 4.71. The molecule has 2 heterocycles. The van der Waals surface area contributed by atoms with Gasteiger partial charge in [0, 0.05) is 17.8 Å². The first-order valence-corrected chi connectivity index (χ1v) is 10.7. The number of aryl methyl sites for hydroxylation is 2. The maximum atomic E-state index is 12.0. The van der Waals surface area contributed by atoms with Crippen LogP contribution < -0.4 is 4.74 Å². The molecule has 32 heavy (non-hydrogen) atoms. The maximum Gasteiger partial charge on any atom is 0.338 e. The largest absolute Gasteiger partial charge is 0.489 e. The fourth-order valence-electron chi connectivity index (χ4n) is 3.58. The van der Waals surface area contributed by atoms with Crippen molar-refractivity contribution < 1.29 is 14.3 Å². The second kappa shape index (κ2) is 9.18. The van der Waals surface area contributed by atoms with E-state index in [2.05, 4.69) is 4.98 Å². The molecule has 0 amide bonds. The summed E-state index contributed by atoms with van der Waals surface area (Å²) in [7, 11) is 1.36. The highest BCUT2D eigenvalue weighted by Gasteiger charge is 2.15. The predicted octanol–water partition coefficient (Wildman–Crippen LogP) is 5.77. The van der Waals surface area contributed by atoms with E-state index in [-0.39, 0.29) is 6.61 Å². The number of pyridine rings is 1. The van der Waals surface area contributed by atoms with Gasteiger partial charge in [-0.1, -0.05) is 41.4 Å². The Hall–Kier alpha value is -3.09. The molecule has 0 saturated heterocycles. The third-order valence-corrected chi connectivity index (χ3v) is 5.75. The highest BCUT2D eigenvalue weighted by molar-refractivity contribution is 6.34. The van der Waals surface area contributed by atoms with Crippen molar-refractivity contribution in [3.8, 4) is 5.75 Å². The number of imidazole rings is 1. The van der Waals surface area contributed by atoms with E-state index in [0.29, 0.717) is 33.6 Å². The fourth-order valence-corrected chi connectivity index (χ4v) is 4.02. The van der Waals surface area contributed by atoms with Crippen molar-refractivity contribution in [2.45, 2.75) is 27.0 Å². The van der Waals surface area contributed by atoms with Gasteiger partial charge < -0.3 is 14.0 Å². The molecule has 0 N–H and O–H groups in total. The molecule has 0 atom stereocenters. The molecule has 0 aliphatic heterocycles. The molecule has 0 bridgehead atoms. The number of halogens is 2. The van der Waals surface area contributed by atoms with Gasteiger partial charge in [-0.2, -0.15) is 0 Å². The van der Waals surface area contributed by atoms with Crippen LogP contribution in [0.2, 0.25) is 10.0 Å². The molecule has 0 fully saturated rings. The molecule has 0 spiro atoms. The Kier molecular flexibility index (Phi) is 6.35. The van der Waals surface area contributed by atoms with E-state index >= 15 is 0 Å². The number of benzene rings is 2. The maximum absolute atomic E-state index is 12.0. The van der Waals surface area contributed by atoms with E-state index in [1.807, 2.05) is 42.7 Å². The fraction of sp³-hybridized carbons (Fsp3) is 0.208. The van der Waals surface area contributed by atoms with Gasteiger partial charge in [0.05, 0.1) is 46.0 Å². The van der Waals surface area contributed by atoms with E-state index in [9.17, 15) is 4.79 Å². The van der Waals surface area contributed by atoms with Crippen molar-refractivity contribution in [1.82, 2.24) is 14.5 Å². The second-order valence-corrected chi connectivity index (χ2v) is 8.22. The zero-order valence-electron chi connectivity index (χ0n) is 17.9. The minimum absolute atomic E-state index is 0.230. The van der Waals surface area contributed by atoms with Crippen LogP contribution in [0.15, 0.2) is 48.7 Å². The highest BCUT2D eigenvalue weighted by atomic mass is 35.5. The van der Waals surface area contributed by atoms with Crippen molar-refractivity contribution in [3.05, 3.63) is 86.9 Å². The summed E-state index contributed by atoms with van der Waals surface area (Å²) in [6.07, 6.45) is 1.58. The molecular formula is C24H21Cl2N3O3. The molecule has 6 nitrogen and oxygen atoms in total. The molecule has 8 heteroatoms. The van der Waals surface area contributed by atoms with E-state index in [1.165, 1.54) is 7.11 Å². The molecule has 0 saturated carbocycles. The first kappa shape index (κ1) is 22.1. The summed E-state index contributed by atoms with van der Waals surface area (Å²) in [5.74, 6) is 1.12. The molecular weight excluding hydrogens is 449 g/mol. The number of carbonyl (C=O) groups is 1. The van der Waals surface area contributed by atoms with E-state index in [0.717, 1.165) is 28.0 Å². The number of nitrogens with zero attached hydrogens (tertiary/aromatic N) is 3. The Morgan fingerprint density at radius 2 is 1.91 bits per heavy atom. The Labute approximate surface area is 195 Å². The molecule has 4 aromatic rings. The van der Waals surface area contributed by atoms with Gasteiger partial charge in [-0.05, 0) is 37.6 Å². The van der Waals surface area contributed by atoms with Crippen LogP contribution in [-0.2, 0) is 17.9 Å². The summed E-state index contributed by atoms with van der Waals surface area (Å²) in [5, 5.41) is 0.993. The third kappa shape index (κ3) is 4.42. The van der Waals surface area contributed by atoms with Crippen LogP contribution >= 0.6 is 23.2 Å². The first-order valence-electron chi connectivity index (χ1n) is 9.93. The first-order chi connectivity index (χ1) is 15.4. The minimum atomic E-state index is -0.392. The molecule has 2 aromatic carbocycles. The lowest BCUT2D eigenvalue weighted by atomic mass is 10.1. The van der Waals surface area contributed by atoms with Crippen LogP contribution in [0.5, 0.6) is 5.75 Å². The van der Waals surface area contributed by atoms with Crippen LogP contribution in [0, 0.1) is 13.8 Å². The van der Waals surface area contributed by atoms with E-state index in [1.54, 1.807) is 24.4 Å². The number of hydrogen-bond acceptors (Lipinski definition) is 5. The van der Waals surface area contributed by atoms with Gasteiger partial charge >= 0.3 is 5.97 Å². The van der Waals surface area contributed by atoms with Gasteiger partial charge in [0.15, 0.2) is 0 Å². The number of methoxy groups -OCH3 is 1. The summed E-state index contributed by atoms with van der Waals surface area (Å²) < 4.78 is 13.0. The quantitative estimate of drug-likeness (QED) is 0.335. The molecule has 0 radical (unpaired) electrons. The summed E-state index contributed by atoms with van der Waals surface area (Å²) in [6.45, 7) is 4.61. The number of carbonyl (C=O) groups excluding carboxylic acids is 1. The zero-order valence-corrected chi connectivity index (χ0v) is 19.4. The SMILES string of the molecule is COC(=O)c1ccccc1COc1cc(C)c2nc(C)n(Cc3ncc(Cl)cc3Cl)c2c1. The van der Waals surface area contributed by atoms with Crippen molar-refractivity contribution in [1.29, 1.82) is 0 Å². The zero-order chi connectivity index (χ0) is 22.8. The van der Waals surface area contributed by atoms with Crippen LogP contribution in [0.4, 0.5) is 0 Å². The van der Waals surface area contributed by atoms with Crippen molar-refractivity contribution in [3.63, 3.8) is 0 Å². The number of hydrogen-bond donors (Lipinski definition) is 0. The lowest BCUT2D eigenvalue weighted by molar-refractivity contribution is 0.0597. The van der Waals surface area contributed by atoms with Crippen LogP contribution in [0.25, 0.3) is 11.0 Å². The number of rotatable bonds is 6. The van der Waals surface area contributed by atoms with Crippen LogP contribution in [-0.4, -0.2) is 27.6 Å². The Balaban J connectivity index is 1.66. The topological polar surface area (TPSA) is 66.2 Å². The monoisotopic (exact) mass is 469 g/mol. The lowest BCUT2D eigenvalue weighted by Gasteiger charge is -2.12. The van der Waals surface area contributed by atoms with Crippen molar-refractivity contribution >= 4 is 40.2 Å². The van der Waals surface area contributed by atoms with Crippen LogP contribution in [0.1, 0.15) is 33.0 Å². The number of ether oxygens (including phenoxy) is 2. The molecule has 2 aromatic heterocycles. The van der Waals surface area contributed by atoms with Crippen molar-refractivity contribution in [2.24, 2.45) is 0 Å². The van der Waals surface area contributed by atoms with Gasteiger partial charge in [-0.15, -0.1) is 0 Å². The van der Waals surface area contributed by atoms with Crippen LogP contribution in [0.3, 0.4) is 0 Å². The molecule has 164 valence electrons. The highest BCUT2D eigenvalue weighted by Crippen LogP contribution is 2.28. The average Bonchev–Trinajstić information content (AvgIpc) is 3.09. The molecule has 0 unspecified atom stereocenters. The Morgan fingerprint density at radius 3 is 2.66 bits per heavy atom. The normalized spacial score (nSPS) is 11.0. The summed E-state index contributed by atoms with van der Waals surface area (Å²) >= 11 is 12.3. The molecule has 4 rings (SSSR count). The smallest absolute Gasteiger partial charge is 0.338 e.